The number of carboxylic acids is 1. The molecular weight excluding hydrogens is 343 g/mol. The first-order chi connectivity index (χ1) is 11.4. The van der Waals surface area contributed by atoms with Gasteiger partial charge in [0.05, 0.1) is 23.0 Å². The second-order valence-electron chi connectivity index (χ2n) is 4.74. The molecule has 0 atom stereocenters. The summed E-state index contributed by atoms with van der Waals surface area (Å²) in [7, 11) is 0. The lowest BCUT2D eigenvalue weighted by molar-refractivity contribution is -0.142. The SMILES string of the molecule is Cc1c(C(=O)NCCOCC(=O)O)nnn1-c1ccc(F)c(Cl)c1. The molecule has 2 N–H and O–H groups in total. The Kier molecular flexibility index (Phi) is 5.83. The summed E-state index contributed by atoms with van der Waals surface area (Å²) < 4.78 is 19.4. The van der Waals surface area contributed by atoms with Crippen LogP contribution in [0.5, 0.6) is 0 Å². The van der Waals surface area contributed by atoms with Gasteiger partial charge in [0.15, 0.2) is 5.69 Å². The van der Waals surface area contributed by atoms with E-state index in [1.54, 1.807) is 6.92 Å². The van der Waals surface area contributed by atoms with Gasteiger partial charge in [-0.25, -0.2) is 13.9 Å². The highest BCUT2D eigenvalue weighted by Gasteiger charge is 2.17. The summed E-state index contributed by atoms with van der Waals surface area (Å²) in [5.41, 5.74) is 1.01. The molecule has 1 heterocycles. The number of aromatic nitrogens is 3. The Morgan fingerprint density at radius 2 is 2.21 bits per heavy atom. The van der Waals surface area contributed by atoms with E-state index in [0.717, 1.165) is 0 Å². The molecule has 0 aliphatic rings. The highest BCUT2D eigenvalue weighted by Crippen LogP contribution is 2.20. The van der Waals surface area contributed by atoms with Gasteiger partial charge in [-0.2, -0.15) is 0 Å². The standard InChI is InChI=1S/C14H14ClFN4O4/c1-8-13(14(23)17-4-5-24-7-12(21)22)18-19-20(8)9-2-3-11(16)10(15)6-9/h2-3,6H,4-5,7H2,1H3,(H,17,23)(H,21,22). The van der Waals surface area contributed by atoms with Crippen molar-refractivity contribution in [3.63, 3.8) is 0 Å². The van der Waals surface area contributed by atoms with Crippen LogP contribution < -0.4 is 5.32 Å². The third-order valence-electron chi connectivity index (χ3n) is 3.01. The number of carboxylic acid groups (broad SMARTS) is 1. The lowest BCUT2D eigenvalue weighted by Crippen LogP contribution is -2.28. The van der Waals surface area contributed by atoms with E-state index >= 15 is 0 Å². The summed E-state index contributed by atoms with van der Waals surface area (Å²) >= 11 is 5.73. The number of hydrogen-bond donors (Lipinski definition) is 2. The van der Waals surface area contributed by atoms with Gasteiger partial charge in [0.2, 0.25) is 0 Å². The molecule has 0 fully saturated rings. The Morgan fingerprint density at radius 3 is 2.88 bits per heavy atom. The van der Waals surface area contributed by atoms with E-state index in [4.69, 9.17) is 21.4 Å². The van der Waals surface area contributed by atoms with Crippen molar-refractivity contribution in [2.24, 2.45) is 0 Å². The van der Waals surface area contributed by atoms with Gasteiger partial charge in [-0.3, -0.25) is 4.79 Å². The van der Waals surface area contributed by atoms with E-state index in [1.165, 1.54) is 22.9 Å². The van der Waals surface area contributed by atoms with Crippen LogP contribution in [0.1, 0.15) is 16.2 Å². The molecule has 0 unspecified atom stereocenters. The second-order valence-corrected chi connectivity index (χ2v) is 5.14. The summed E-state index contributed by atoms with van der Waals surface area (Å²) in [6.07, 6.45) is 0. The molecule has 0 aliphatic carbocycles. The zero-order valence-corrected chi connectivity index (χ0v) is 13.4. The molecule has 0 radical (unpaired) electrons. The number of ether oxygens (including phenoxy) is 1. The molecule has 1 aromatic heterocycles. The summed E-state index contributed by atoms with van der Waals surface area (Å²) in [5, 5.41) is 18.6. The van der Waals surface area contributed by atoms with Crippen LogP contribution in [0.4, 0.5) is 4.39 Å². The average molecular weight is 357 g/mol. The van der Waals surface area contributed by atoms with Gasteiger partial charge in [0, 0.05) is 6.54 Å². The average Bonchev–Trinajstić information content (AvgIpc) is 2.91. The number of halogens is 2. The Balaban J connectivity index is 2.02. The van der Waals surface area contributed by atoms with Gasteiger partial charge < -0.3 is 15.2 Å². The monoisotopic (exact) mass is 356 g/mol. The maximum absolute atomic E-state index is 13.2. The third-order valence-corrected chi connectivity index (χ3v) is 3.30. The van der Waals surface area contributed by atoms with E-state index in [1.807, 2.05) is 0 Å². The third kappa shape index (κ3) is 4.27. The number of rotatable bonds is 7. The minimum Gasteiger partial charge on any atom is -0.480 e. The summed E-state index contributed by atoms with van der Waals surface area (Å²) in [6, 6.07) is 4.03. The van der Waals surface area contributed by atoms with E-state index in [9.17, 15) is 14.0 Å². The molecule has 0 saturated heterocycles. The van der Waals surface area contributed by atoms with Crippen molar-refractivity contribution in [2.45, 2.75) is 6.92 Å². The number of nitrogens with zero attached hydrogens (tertiary/aromatic N) is 3. The number of aliphatic carboxylic acids is 1. The number of carbonyl (C=O) groups is 2. The first kappa shape index (κ1) is 17.8. The molecule has 0 bridgehead atoms. The van der Waals surface area contributed by atoms with Gasteiger partial charge in [-0.05, 0) is 25.1 Å². The fourth-order valence-corrected chi connectivity index (χ4v) is 2.06. The van der Waals surface area contributed by atoms with Gasteiger partial charge in [-0.15, -0.1) is 5.10 Å². The Morgan fingerprint density at radius 1 is 1.46 bits per heavy atom. The molecule has 1 amide bonds. The molecular formula is C14H14ClFN4O4. The predicted octanol–water partition coefficient (Wildman–Crippen LogP) is 1.20. The second kappa shape index (κ2) is 7.84. The molecule has 0 spiro atoms. The molecule has 0 aliphatic heterocycles. The van der Waals surface area contributed by atoms with Crippen LogP contribution in [0.25, 0.3) is 5.69 Å². The molecule has 8 nitrogen and oxygen atoms in total. The quantitative estimate of drug-likeness (QED) is 0.722. The molecule has 24 heavy (non-hydrogen) atoms. The van der Waals surface area contributed by atoms with Crippen LogP contribution in [-0.4, -0.2) is 51.7 Å². The number of benzene rings is 1. The Bertz CT molecular complexity index is 765. The van der Waals surface area contributed by atoms with Crippen LogP contribution in [-0.2, 0) is 9.53 Å². The normalized spacial score (nSPS) is 10.6. The van der Waals surface area contributed by atoms with Crippen molar-refractivity contribution < 1.29 is 23.8 Å². The largest absolute Gasteiger partial charge is 0.480 e. The number of hydrogen-bond acceptors (Lipinski definition) is 5. The van der Waals surface area contributed by atoms with Gasteiger partial charge in [0.25, 0.3) is 5.91 Å². The van der Waals surface area contributed by atoms with Crippen molar-refractivity contribution in [1.29, 1.82) is 0 Å². The number of carbonyl (C=O) groups excluding carboxylic acids is 1. The van der Waals surface area contributed by atoms with Crippen molar-refractivity contribution in [3.8, 4) is 5.69 Å². The number of amides is 1. The van der Waals surface area contributed by atoms with Crippen LogP contribution in [0, 0.1) is 12.7 Å². The molecule has 10 heteroatoms. The summed E-state index contributed by atoms with van der Waals surface area (Å²) in [4.78, 5) is 22.3. The van der Waals surface area contributed by atoms with Crippen molar-refractivity contribution in [2.75, 3.05) is 19.8 Å². The topological polar surface area (TPSA) is 106 Å². The summed E-state index contributed by atoms with van der Waals surface area (Å²) in [5.74, 6) is -2.12. The zero-order valence-electron chi connectivity index (χ0n) is 12.6. The number of nitrogens with one attached hydrogen (secondary N) is 1. The smallest absolute Gasteiger partial charge is 0.329 e. The van der Waals surface area contributed by atoms with Crippen molar-refractivity contribution >= 4 is 23.5 Å². The Labute approximate surface area is 141 Å². The fourth-order valence-electron chi connectivity index (χ4n) is 1.88. The van der Waals surface area contributed by atoms with Crippen LogP contribution >= 0.6 is 11.6 Å². The van der Waals surface area contributed by atoms with E-state index in [2.05, 4.69) is 15.6 Å². The van der Waals surface area contributed by atoms with Crippen molar-refractivity contribution in [3.05, 3.63) is 40.4 Å². The van der Waals surface area contributed by atoms with Crippen LogP contribution in [0.3, 0.4) is 0 Å². The lowest BCUT2D eigenvalue weighted by Gasteiger charge is -2.06. The predicted molar refractivity (Wildman–Crippen MR) is 81.9 cm³/mol. The Hall–Kier alpha value is -2.52. The van der Waals surface area contributed by atoms with Crippen LogP contribution in [0.15, 0.2) is 18.2 Å². The minimum absolute atomic E-state index is 0.0544. The van der Waals surface area contributed by atoms with Gasteiger partial charge in [0.1, 0.15) is 12.4 Å². The van der Waals surface area contributed by atoms with Gasteiger partial charge in [-0.1, -0.05) is 16.8 Å². The van der Waals surface area contributed by atoms with Crippen molar-refractivity contribution in [1.82, 2.24) is 20.3 Å². The maximum atomic E-state index is 13.2. The fraction of sp³-hybridized carbons (Fsp3) is 0.286. The van der Waals surface area contributed by atoms with E-state index in [-0.39, 0.29) is 23.9 Å². The van der Waals surface area contributed by atoms with Crippen LogP contribution in [0.2, 0.25) is 5.02 Å². The molecule has 2 aromatic rings. The maximum Gasteiger partial charge on any atom is 0.329 e. The summed E-state index contributed by atoms with van der Waals surface area (Å²) in [6.45, 7) is 1.38. The minimum atomic E-state index is -1.09. The zero-order chi connectivity index (χ0) is 17.7. The highest BCUT2D eigenvalue weighted by atomic mass is 35.5. The molecule has 128 valence electrons. The first-order valence-electron chi connectivity index (χ1n) is 6.85. The molecule has 1 aromatic carbocycles. The highest BCUT2D eigenvalue weighted by molar-refractivity contribution is 6.30. The van der Waals surface area contributed by atoms with Gasteiger partial charge >= 0.3 is 5.97 Å². The molecule has 2 rings (SSSR count). The molecule has 0 saturated carbocycles. The van der Waals surface area contributed by atoms with E-state index in [0.29, 0.717) is 11.4 Å². The lowest BCUT2D eigenvalue weighted by atomic mass is 10.2. The van der Waals surface area contributed by atoms with E-state index < -0.39 is 24.3 Å². The first-order valence-corrected chi connectivity index (χ1v) is 7.23.